The maximum atomic E-state index is 13.5. The first-order valence-corrected chi connectivity index (χ1v) is 9.68. The molecule has 6 nitrogen and oxygen atoms in total. The van der Waals surface area contributed by atoms with E-state index < -0.39 is 28.5 Å². The number of benzene rings is 1. The van der Waals surface area contributed by atoms with Crippen LogP contribution in [-0.4, -0.2) is 36.6 Å². The summed E-state index contributed by atoms with van der Waals surface area (Å²) in [5.74, 6) is -0.206. The summed E-state index contributed by atoms with van der Waals surface area (Å²) in [4.78, 5) is 18.6. The van der Waals surface area contributed by atoms with Gasteiger partial charge in [0, 0.05) is 12.6 Å². The van der Waals surface area contributed by atoms with Crippen LogP contribution in [0.25, 0.3) is 11.5 Å². The molecule has 0 saturated heterocycles. The molecule has 0 radical (unpaired) electrons. The molecule has 0 spiro atoms. The maximum Gasteiger partial charge on any atom is 0.417 e. The third kappa shape index (κ3) is 3.76. The van der Waals surface area contributed by atoms with Gasteiger partial charge in [-0.15, -0.1) is 10.2 Å². The van der Waals surface area contributed by atoms with Gasteiger partial charge in [-0.05, 0) is 38.1 Å². The van der Waals surface area contributed by atoms with Gasteiger partial charge in [-0.3, -0.25) is 4.79 Å². The molecule has 0 saturated carbocycles. The van der Waals surface area contributed by atoms with Gasteiger partial charge in [0.05, 0.1) is 28.4 Å². The molecule has 162 valence electrons. The summed E-state index contributed by atoms with van der Waals surface area (Å²) < 4.78 is 54.8. The maximum absolute atomic E-state index is 13.5. The number of carbonyl (C=O) groups excluding carboxylic acids is 1. The third-order valence-corrected chi connectivity index (χ3v) is 5.57. The first-order valence-electron chi connectivity index (χ1n) is 9.30. The average Bonchev–Trinajstić information content (AvgIpc) is 3.11. The van der Waals surface area contributed by atoms with Crippen molar-refractivity contribution in [2.45, 2.75) is 39.2 Å². The van der Waals surface area contributed by atoms with Crippen molar-refractivity contribution in [3.05, 3.63) is 63.8 Å². The SMILES string of the molecule is Cc1nc(-c2nnc3n2CC(C)N(C(=O)c2cccc(C(F)(F)F)c2Cl)C3)ccc1F. The fourth-order valence-corrected chi connectivity index (χ4v) is 3.83. The van der Waals surface area contributed by atoms with Crippen LogP contribution in [0.3, 0.4) is 0 Å². The number of alkyl halides is 3. The van der Waals surface area contributed by atoms with Crippen LogP contribution in [0, 0.1) is 12.7 Å². The van der Waals surface area contributed by atoms with Gasteiger partial charge in [0.15, 0.2) is 11.6 Å². The van der Waals surface area contributed by atoms with Crippen LogP contribution in [0.2, 0.25) is 5.02 Å². The highest BCUT2D eigenvalue weighted by Gasteiger charge is 2.37. The van der Waals surface area contributed by atoms with Crippen molar-refractivity contribution in [2.24, 2.45) is 0 Å². The van der Waals surface area contributed by atoms with Gasteiger partial charge >= 0.3 is 6.18 Å². The molecule has 3 aromatic rings. The van der Waals surface area contributed by atoms with Crippen molar-refractivity contribution in [3.63, 3.8) is 0 Å². The summed E-state index contributed by atoms with van der Waals surface area (Å²) in [5, 5.41) is 7.58. The Hall–Kier alpha value is -3.01. The lowest BCUT2D eigenvalue weighted by atomic mass is 10.1. The number of aromatic nitrogens is 4. The summed E-state index contributed by atoms with van der Waals surface area (Å²) in [6.07, 6.45) is -4.67. The summed E-state index contributed by atoms with van der Waals surface area (Å²) in [5.41, 5.74) is -0.638. The number of rotatable bonds is 2. The largest absolute Gasteiger partial charge is 0.417 e. The number of pyridine rings is 1. The van der Waals surface area contributed by atoms with Crippen LogP contribution in [-0.2, 0) is 19.3 Å². The zero-order valence-corrected chi connectivity index (χ0v) is 17.2. The van der Waals surface area contributed by atoms with E-state index >= 15 is 0 Å². The van der Waals surface area contributed by atoms with Gasteiger partial charge in [0.1, 0.15) is 11.5 Å². The highest BCUT2D eigenvalue weighted by Crippen LogP contribution is 2.37. The summed E-state index contributed by atoms with van der Waals surface area (Å²) in [6.45, 7) is 3.61. The number of carbonyl (C=O) groups is 1. The van der Waals surface area contributed by atoms with Crippen LogP contribution in [0.15, 0.2) is 30.3 Å². The van der Waals surface area contributed by atoms with E-state index in [2.05, 4.69) is 15.2 Å². The van der Waals surface area contributed by atoms with Crippen LogP contribution >= 0.6 is 11.6 Å². The molecular weight excluding hydrogens is 438 g/mol. The van der Waals surface area contributed by atoms with Crippen LogP contribution in [0.5, 0.6) is 0 Å². The van der Waals surface area contributed by atoms with Crippen molar-refractivity contribution in [2.75, 3.05) is 0 Å². The molecule has 1 amide bonds. The van der Waals surface area contributed by atoms with E-state index in [0.29, 0.717) is 17.3 Å². The number of nitrogens with zero attached hydrogens (tertiary/aromatic N) is 5. The average molecular weight is 454 g/mol. The Kier molecular flexibility index (Phi) is 5.20. The standard InChI is InChI=1S/C20H16ClF4N5O/c1-10-8-30-16(27-28-18(30)15-7-6-14(22)11(2)26-15)9-29(10)19(31)12-4-3-5-13(17(12)21)20(23,24)25/h3-7,10H,8-9H2,1-2H3. The second-order valence-electron chi connectivity index (χ2n) is 7.26. The Morgan fingerprint density at radius 1 is 1.19 bits per heavy atom. The monoisotopic (exact) mass is 453 g/mol. The Labute approximate surface area is 179 Å². The summed E-state index contributed by atoms with van der Waals surface area (Å²) in [6, 6.07) is 5.64. The fraction of sp³-hybridized carbons (Fsp3) is 0.300. The zero-order chi connectivity index (χ0) is 22.5. The highest BCUT2D eigenvalue weighted by atomic mass is 35.5. The lowest BCUT2D eigenvalue weighted by molar-refractivity contribution is -0.137. The van der Waals surface area contributed by atoms with Gasteiger partial charge in [-0.25, -0.2) is 9.37 Å². The first kappa shape index (κ1) is 21.2. The van der Waals surface area contributed by atoms with E-state index in [1.54, 1.807) is 11.5 Å². The molecule has 4 rings (SSSR count). The molecule has 11 heteroatoms. The zero-order valence-electron chi connectivity index (χ0n) is 16.4. The van der Waals surface area contributed by atoms with Gasteiger partial charge < -0.3 is 9.47 Å². The molecule has 2 aromatic heterocycles. The minimum absolute atomic E-state index is 0.0275. The van der Waals surface area contributed by atoms with Crippen molar-refractivity contribution in [3.8, 4) is 11.5 Å². The smallest absolute Gasteiger partial charge is 0.327 e. The van der Waals surface area contributed by atoms with Crippen molar-refractivity contribution < 1.29 is 22.4 Å². The van der Waals surface area contributed by atoms with E-state index in [1.165, 1.54) is 30.0 Å². The Morgan fingerprint density at radius 3 is 2.61 bits per heavy atom. The second kappa shape index (κ2) is 7.60. The fourth-order valence-electron chi connectivity index (χ4n) is 3.52. The predicted octanol–water partition coefficient (Wildman–Crippen LogP) is 4.50. The van der Waals surface area contributed by atoms with Crippen LogP contribution < -0.4 is 0 Å². The molecule has 0 fully saturated rings. The molecule has 0 bridgehead atoms. The molecule has 0 N–H and O–H groups in total. The normalized spacial score (nSPS) is 16.4. The predicted molar refractivity (Wildman–Crippen MR) is 104 cm³/mol. The Bertz CT molecular complexity index is 1180. The quantitative estimate of drug-likeness (QED) is 0.536. The van der Waals surface area contributed by atoms with Crippen molar-refractivity contribution >= 4 is 17.5 Å². The summed E-state index contributed by atoms with van der Waals surface area (Å²) >= 11 is 5.93. The van der Waals surface area contributed by atoms with E-state index in [0.717, 1.165) is 12.1 Å². The lowest BCUT2D eigenvalue weighted by Gasteiger charge is -2.34. The first-order chi connectivity index (χ1) is 14.6. The van der Waals surface area contributed by atoms with Crippen molar-refractivity contribution in [1.82, 2.24) is 24.6 Å². The number of halogens is 5. The highest BCUT2D eigenvalue weighted by molar-refractivity contribution is 6.34. The number of hydrogen-bond donors (Lipinski definition) is 0. The number of hydrogen-bond acceptors (Lipinski definition) is 4. The number of aryl methyl sites for hydroxylation is 1. The molecule has 0 aliphatic carbocycles. The molecule has 3 heterocycles. The van der Waals surface area contributed by atoms with E-state index in [-0.39, 0.29) is 30.4 Å². The molecule has 1 aromatic carbocycles. The lowest BCUT2D eigenvalue weighted by Crippen LogP contribution is -2.45. The molecule has 1 aliphatic rings. The molecular formula is C20H16ClF4N5O. The second-order valence-corrected chi connectivity index (χ2v) is 7.64. The van der Waals surface area contributed by atoms with E-state index in [4.69, 9.17) is 11.6 Å². The molecule has 31 heavy (non-hydrogen) atoms. The summed E-state index contributed by atoms with van der Waals surface area (Å²) in [7, 11) is 0. The van der Waals surface area contributed by atoms with Gasteiger partial charge in [0.25, 0.3) is 5.91 Å². The van der Waals surface area contributed by atoms with Gasteiger partial charge in [-0.1, -0.05) is 17.7 Å². The van der Waals surface area contributed by atoms with Crippen LogP contribution in [0.1, 0.15) is 34.4 Å². The Balaban J connectivity index is 1.66. The minimum atomic E-state index is -4.67. The Morgan fingerprint density at radius 2 is 1.94 bits per heavy atom. The van der Waals surface area contributed by atoms with E-state index in [1.807, 2.05) is 0 Å². The van der Waals surface area contributed by atoms with E-state index in [9.17, 15) is 22.4 Å². The van der Waals surface area contributed by atoms with Gasteiger partial charge in [-0.2, -0.15) is 13.2 Å². The van der Waals surface area contributed by atoms with Crippen molar-refractivity contribution in [1.29, 1.82) is 0 Å². The molecule has 1 aliphatic heterocycles. The molecule has 1 atom stereocenters. The molecule has 1 unspecified atom stereocenters. The third-order valence-electron chi connectivity index (χ3n) is 5.16. The topological polar surface area (TPSA) is 63.9 Å². The minimum Gasteiger partial charge on any atom is -0.327 e. The van der Waals surface area contributed by atoms with Crippen LogP contribution in [0.4, 0.5) is 17.6 Å². The van der Waals surface area contributed by atoms with Gasteiger partial charge in [0.2, 0.25) is 0 Å². The number of fused-ring (bicyclic) bond motifs is 1. The number of amides is 1.